The number of halogens is 2. The summed E-state index contributed by atoms with van der Waals surface area (Å²) in [7, 11) is 0. The predicted octanol–water partition coefficient (Wildman–Crippen LogP) is 3.57. The van der Waals surface area contributed by atoms with Crippen LogP contribution in [0.3, 0.4) is 0 Å². The molecule has 22 heavy (non-hydrogen) atoms. The fourth-order valence-electron chi connectivity index (χ4n) is 2.21. The Morgan fingerprint density at radius 3 is 2.77 bits per heavy atom. The van der Waals surface area contributed by atoms with Gasteiger partial charge in [-0.2, -0.15) is 0 Å². The van der Waals surface area contributed by atoms with Crippen LogP contribution < -0.4 is 10.6 Å². The van der Waals surface area contributed by atoms with E-state index < -0.39 is 18.0 Å². The molecule has 1 aromatic carbocycles. The summed E-state index contributed by atoms with van der Waals surface area (Å²) in [5, 5.41) is 5.91. The summed E-state index contributed by atoms with van der Waals surface area (Å²) in [5.74, 6) is -0.493. The number of hydrogen-bond donors (Lipinski definition) is 2. The number of benzene rings is 1. The van der Waals surface area contributed by atoms with Gasteiger partial charge in [0.15, 0.2) is 0 Å². The van der Waals surface area contributed by atoms with E-state index in [1.807, 2.05) is 6.92 Å². The molecule has 118 valence electrons. The summed E-state index contributed by atoms with van der Waals surface area (Å²) in [5.41, 5.74) is 1.30. The van der Waals surface area contributed by atoms with Gasteiger partial charge in [0.1, 0.15) is 0 Å². The van der Waals surface area contributed by atoms with Gasteiger partial charge in [-0.25, -0.2) is 9.59 Å². The van der Waals surface area contributed by atoms with E-state index in [1.54, 1.807) is 25.1 Å². The summed E-state index contributed by atoms with van der Waals surface area (Å²) >= 11 is 12.2. The molecule has 0 spiro atoms. The largest absolute Gasteiger partial charge is 0.462 e. The normalized spacial score (nSPS) is 17.8. The summed E-state index contributed by atoms with van der Waals surface area (Å²) in [6.07, 6.45) is 0.709. The van der Waals surface area contributed by atoms with E-state index in [0.29, 0.717) is 39.9 Å². The lowest BCUT2D eigenvalue weighted by atomic mass is 9.95. The monoisotopic (exact) mass is 342 g/mol. The molecule has 2 amide bonds. The molecule has 0 unspecified atom stereocenters. The number of nitrogens with one attached hydrogen (secondary N) is 2. The molecule has 0 radical (unpaired) electrons. The summed E-state index contributed by atoms with van der Waals surface area (Å²) in [6, 6.07) is 3.95. The van der Waals surface area contributed by atoms with Crippen molar-refractivity contribution < 1.29 is 14.3 Å². The van der Waals surface area contributed by atoms with Crippen LogP contribution in [-0.4, -0.2) is 18.6 Å². The van der Waals surface area contributed by atoms with Crippen LogP contribution in [0.5, 0.6) is 0 Å². The Hall–Kier alpha value is -1.72. The quantitative estimate of drug-likeness (QED) is 0.822. The highest BCUT2D eigenvalue weighted by Gasteiger charge is 2.33. The summed E-state index contributed by atoms with van der Waals surface area (Å²) < 4.78 is 5.19. The number of allylic oxidation sites excluding steroid dienone is 1. The minimum absolute atomic E-state index is 0.296. The molecule has 1 aromatic rings. The second kappa shape index (κ2) is 7.03. The topological polar surface area (TPSA) is 67.4 Å². The van der Waals surface area contributed by atoms with Crippen molar-refractivity contribution in [2.75, 3.05) is 6.61 Å². The second-order valence-corrected chi connectivity index (χ2v) is 5.63. The van der Waals surface area contributed by atoms with E-state index in [4.69, 9.17) is 27.9 Å². The maximum atomic E-state index is 12.3. The van der Waals surface area contributed by atoms with E-state index >= 15 is 0 Å². The minimum atomic E-state index is -0.704. The smallest absolute Gasteiger partial charge is 0.338 e. The van der Waals surface area contributed by atoms with Crippen LogP contribution in [0.1, 0.15) is 31.9 Å². The molecule has 1 heterocycles. The molecule has 0 bridgehead atoms. The number of hydrogen-bond acceptors (Lipinski definition) is 3. The molecule has 0 saturated heterocycles. The molecule has 0 aromatic heterocycles. The van der Waals surface area contributed by atoms with Crippen molar-refractivity contribution in [3.8, 4) is 0 Å². The zero-order chi connectivity index (χ0) is 16.3. The molecule has 1 aliphatic rings. The lowest BCUT2D eigenvalue weighted by molar-refractivity contribution is -0.139. The van der Waals surface area contributed by atoms with Crippen molar-refractivity contribution in [3.63, 3.8) is 0 Å². The highest BCUT2D eigenvalue weighted by atomic mass is 35.5. The van der Waals surface area contributed by atoms with E-state index in [0.717, 1.165) is 0 Å². The first-order valence-electron chi connectivity index (χ1n) is 6.85. The van der Waals surface area contributed by atoms with Crippen molar-refractivity contribution in [2.24, 2.45) is 0 Å². The van der Waals surface area contributed by atoms with Crippen LogP contribution in [-0.2, 0) is 9.53 Å². The van der Waals surface area contributed by atoms with Crippen LogP contribution in [0, 0.1) is 0 Å². The van der Waals surface area contributed by atoms with E-state index in [1.165, 1.54) is 0 Å². The fraction of sp³-hybridized carbons (Fsp3) is 0.333. The first-order chi connectivity index (χ1) is 10.5. The third-order valence-electron chi connectivity index (χ3n) is 3.22. The maximum Gasteiger partial charge on any atom is 0.338 e. The number of urea groups is 1. The Kier molecular flexibility index (Phi) is 5.32. The van der Waals surface area contributed by atoms with Crippen molar-refractivity contribution in [1.29, 1.82) is 0 Å². The van der Waals surface area contributed by atoms with Crippen LogP contribution in [0.25, 0.3) is 0 Å². The fourth-order valence-corrected chi connectivity index (χ4v) is 2.63. The maximum absolute atomic E-state index is 12.3. The van der Waals surface area contributed by atoms with Crippen molar-refractivity contribution in [1.82, 2.24) is 10.6 Å². The van der Waals surface area contributed by atoms with Crippen molar-refractivity contribution in [2.45, 2.75) is 26.3 Å². The minimum Gasteiger partial charge on any atom is -0.462 e. The van der Waals surface area contributed by atoms with Crippen LogP contribution in [0.15, 0.2) is 29.5 Å². The average molecular weight is 343 g/mol. The Balaban J connectivity index is 2.46. The van der Waals surface area contributed by atoms with Gasteiger partial charge < -0.3 is 15.4 Å². The van der Waals surface area contributed by atoms with Crippen LogP contribution >= 0.6 is 23.2 Å². The zero-order valence-electron chi connectivity index (χ0n) is 12.2. The number of carbonyl (C=O) groups is 2. The second-order valence-electron chi connectivity index (χ2n) is 4.85. The molecule has 2 rings (SSSR count). The Morgan fingerprint density at radius 1 is 1.36 bits per heavy atom. The molecule has 1 aliphatic heterocycles. The van der Waals surface area contributed by atoms with Gasteiger partial charge in [0.25, 0.3) is 0 Å². The standard InChI is InChI=1S/C15H16Cl2N2O3/c1-3-7-22-14(20)11-8(2)18-15(21)19-13(11)9-5-4-6-10(16)12(9)17/h4-6,13H,3,7H2,1-2H3,(H2,18,19,21)/t13-/m1/s1. The lowest BCUT2D eigenvalue weighted by Crippen LogP contribution is -2.45. The molecule has 1 atom stereocenters. The zero-order valence-corrected chi connectivity index (χ0v) is 13.7. The van der Waals surface area contributed by atoms with Crippen LogP contribution in [0.4, 0.5) is 4.79 Å². The van der Waals surface area contributed by atoms with Gasteiger partial charge in [0.05, 0.1) is 28.3 Å². The van der Waals surface area contributed by atoms with Gasteiger partial charge in [-0.05, 0) is 25.0 Å². The third-order valence-corrected chi connectivity index (χ3v) is 4.05. The first kappa shape index (κ1) is 16.6. The number of ether oxygens (including phenoxy) is 1. The Bertz CT molecular complexity index is 644. The molecule has 0 aliphatic carbocycles. The molecule has 5 nitrogen and oxygen atoms in total. The number of amides is 2. The third kappa shape index (κ3) is 3.36. The highest BCUT2D eigenvalue weighted by Crippen LogP contribution is 2.35. The summed E-state index contributed by atoms with van der Waals surface area (Å²) in [4.78, 5) is 24.1. The van der Waals surface area contributed by atoms with Gasteiger partial charge in [-0.15, -0.1) is 0 Å². The molecule has 0 fully saturated rings. The van der Waals surface area contributed by atoms with Crippen molar-refractivity contribution in [3.05, 3.63) is 45.1 Å². The van der Waals surface area contributed by atoms with Crippen LogP contribution in [0.2, 0.25) is 10.0 Å². The summed E-state index contributed by atoms with van der Waals surface area (Å²) in [6.45, 7) is 3.85. The highest BCUT2D eigenvalue weighted by molar-refractivity contribution is 6.42. The average Bonchev–Trinajstić information content (AvgIpc) is 2.46. The van der Waals surface area contributed by atoms with Gasteiger partial charge in [-0.3, -0.25) is 0 Å². The van der Waals surface area contributed by atoms with Gasteiger partial charge in [0, 0.05) is 5.70 Å². The molecular formula is C15H16Cl2N2O3. The van der Waals surface area contributed by atoms with Gasteiger partial charge >= 0.3 is 12.0 Å². The van der Waals surface area contributed by atoms with Gasteiger partial charge in [0.2, 0.25) is 0 Å². The Labute approximate surface area is 138 Å². The number of rotatable bonds is 4. The Morgan fingerprint density at radius 2 is 2.09 bits per heavy atom. The van der Waals surface area contributed by atoms with E-state index in [9.17, 15) is 9.59 Å². The van der Waals surface area contributed by atoms with E-state index in [2.05, 4.69) is 10.6 Å². The number of carbonyl (C=O) groups excluding carboxylic acids is 2. The first-order valence-corrected chi connectivity index (χ1v) is 7.60. The number of esters is 1. The molecule has 7 heteroatoms. The lowest BCUT2D eigenvalue weighted by Gasteiger charge is -2.28. The van der Waals surface area contributed by atoms with Crippen molar-refractivity contribution >= 4 is 35.2 Å². The molecule has 2 N–H and O–H groups in total. The molecule has 0 saturated carbocycles. The SMILES string of the molecule is CCCOC(=O)C1=C(C)NC(=O)N[C@@H]1c1cccc(Cl)c1Cl. The van der Waals surface area contributed by atoms with Gasteiger partial charge in [-0.1, -0.05) is 42.3 Å². The van der Waals surface area contributed by atoms with E-state index in [-0.39, 0.29) is 0 Å². The predicted molar refractivity (Wildman–Crippen MR) is 84.8 cm³/mol. The molecular weight excluding hydrogens is 327 g/mol.